The zero-order chi connectivity index (χ0) is 11.6. The molecule has 0 fully saturated rings. The molecule has 0 bridgehead atoms. The zero-order valence-electron chi connectivity index (χ0n) is 10.1. The van der Waals surface area contributed by atoms with Gasteiger partial charge in [-0.2, -0.15) is 0 Å². The van der Waals surface area contributed by atoms with Crippen LogP contribution in [0.25, 0.3) is 0 Å². The second-order valence-corrected chi connectivity index (χ2v) is 4.15. The molecular weight excluding hydrogens is 200 g/mol. The number of benzene rings is 1. The molecule has 2 nitrogen and oxygen atoms in total. The summed E-state index contributed by atoms with van der Waals surface area (Å²) in [5.41, 5.74) is 1.16. The van der Waals surface area contributed by atoms with E-state index in [4.69, 9.17) is 4.74 Å². The first-order valence-corrected chi connectivity index (χ1v) is 6.12. The van der Waals surface area contributed by atoms with Gasteiger partial charge >= 0.3 is 0 Å². The molecule has 0 spiro atoms. The minimum Gasteiger partial charge on any atom is -0.391 e. The largest absolute Gasteiger partial charge is 0.391 e. The third kappa shape index (κ3) is 5.89. The van der Waals surface area contributed by atoms with Crippen molar-refractivity contribution in [2.24, 2.45) is 0 Å². The van der Waals surface area contributed by atoms with Crippen molar-refractivity contribution in [1.82, 2.24) is 0 Å². The summed E-state index contributed by atoms with van der Waals surface area (Å²) >= 11 is 0. The first-order valence-electron chi connectivity index (χ1n) is 6.12. The van der Waals surface area contributed by atoms with E-state index < -0.39 is 0 Å². The maximum atomic E-state index is 9.63. The van der Waals surface area contributed by atoms with Crippen LogP contribution in [0.3, 0.4) is 0 Å². The highest BCUT2D eigenvalue weighted by Crippen LogP contribution is 2.05. The van der Waals surface area contributed by atoms with Crippen LogP contribution >= 0.6 is 0 Å². The molecule has 1 aromatic rings. The minimum atomic E-state index is -0.310. The van der Waals surface area contributed by atoms with Crippen LogP contribution in [0.15, 0.2) is 30.3 Å². The third-order valence-electron chi connectivity index (χ3n) is 2.56. The number of hydrogen-bond donors (Lipinski definition) is 1. The molecule has 0 heterocycles. The highest BCUT2D eigenvalue weighted by atomic mass is 16.5. The molecule has 0 aromatic heterocycles. The summed E-state index contributed by atoms with van der Waals surface area (Å²) < 4.78 is 5.46. The molecule has 1 N–H and O–H groups in total. The fourth-order valence-electron chi connectivity index (χ4n) is 1.60. The zero-order valence-corrected chi connectivity index (χ0v) is 10.1. The van der Waals surface area contributed by atoms with Gasteiger partial charge in [-0.15, -0.1) is 0 Å². The van der Waals surface area contributed by atoms with Gasteiger partial charge in [-0.3, -0.25) is 0 Å². The lowest BCUT2D eigenvalue weighted by Gasteiger charge is -2.10. The molecule has 0 radical (unpaired) electrons. The Morgan fingerprint density at radius 3 is 2.62 bits per heavy atom. The van der Waals surface area contributed by atoms with Crippen molar-refractivity contribution in [3.05, 3.63) is 35.9 Å². The number of aliphatic hydroxyl groups is 1. The van der Waals surface area contributed by atoms with Gasteiger partial charge < -0.3 is 9.84 Å². The van der Waals surface area contributed by atoms with Crippen molar-refractivity contribution < 1.29 is 9.84 Å². The molecule has 90 valence electrons. The Morgan fingerprint density at radius 2 is 1.94 bits per heavy atom. The van der Waals surface area contributed by atoms with Crippen molar-refractivity contribution in [2.45, 2.75) is 45.3 Å². The Labute approximate surface area is 98.3 Å². The summed E-state index contributed by atoms with van der Waals surface area (Å²) in [6.07, 6.45) is 4.01. The highest BCUT2D eigenvalue weighted by molar-refractivity contribution is 5.13. The molecular formula is C14H22O2. The lowest BCUT2D eigenvalue weighted by Crippen LogP contribution is -2.14. The topological polar surface area (TPSA) is 29.5 Å². The van der Waals surface area contributed by atoms with Gasteiger partial charge in [0.25, 0.3) is 0 Å². The predicted octanol–water partition coefficient (Wildman–Crippen LogP) is 3.14. The smallest absolute Gasteiger partial charge is 0.0773 e. The van der Waals surface area contributed by atoms with Gasteiger partial charge in [0.15, 0.2) is 0 Å². The van der Waals surface area contributed by atoms with Gasteiger partial charge in [0, 0.05) is 0 Å². The Hall–Kier alpha value is -0.860. The Balaban J connectivity index is 2.06. The van der Waals surface area contributed by atoms with Gasteiger partial charge in [-0.1, -0.05) is 56.5 Å². The minimum absolute atomic E-state index is 0.310. The Kier molecular flexibility index (Phi) is 6.86. The van der Waals surface area contributed by atoms with Crippen LogP contribution in [0.1, 0.15) is 38.2 Å². The van der Waals surface area contributed by atoms with Gasteiger partial charge in [0.05, 0.1) is 19.3 Å². The normalized spacial score (nSPS) is 12.6. The predicted molar refractivity (Wildman–Crippen MR) is 66.2 cm³/mol. The molecule has 0 saturated heterocycles. The number of rotatable bonds is 8. The SMILES string of the molecule is CCCCCC(O)COCc1ccccc1. The maximum absolute atomic E-state index is 9.63. The third-order valence-corrected chi connectivity index (χ3v) is 2.56. The standard InChI is InChI=1S/C14H22O2/c1-2-3-5-10-14(15)12-16-11-13-8-6-4-7-9-13/h4,6-9,14-15H,2-3,5,10-12H2,1H3. The van der Waals surface area contributed by atoms with E-state index in [2.05, 4.69) is 6.92 Å². The van der Waals surface area contributed by atoms with Crippen LogP contribution in [0.2, 0.25) is 0 Å². The Bertz CT molecular complexity index is 259. The van der Waals surface area contributed by atoms with Gasteiger partial charge in [-0.25, -0.2) is 0 Å². The molecule has 16 heavy (non-hydrogen) atoms. The van der Waals surface area contributed by atoms with Gasteiger partial charge in [0.2, 0.25) is 0 Å². The molecule has 0 aliphatic heterocycles. The van der Waals surface area contributed by atoms with E-state index >= 15 is 0 Å². The summed E-state index contributed by atoms with van der Waals surface area (Å²) in [6, 6.07) is 10.0. The maximum Gasteiger partial charge on any atom is 0.0773 e. The monoisotopic (exact) mass is 222 g/mol. The van der Waals surface area contributed by atoms with E-state index in [-0.39, 0.29) is 6.10 Å². The average Bonchev–Trinajstić information content (AvgIpc) is 2.31. The molecule has 2 heteroatoms. The summed E-state index contributed by atoms with van der Waals surface area (Å²) in [5, 5.41) is 9.63. The molecule has 0 aliphatic carbocycles. The van der Waals surface area contributed by atoms with Crippen molar-refractivity contribution in [1.29, 1.82) is 0 Å². The summed E-state index contributed by atoms with van der Waals surface area (Å²) in [4.78, 5) is 0. The van der Waals surface area contributed by atoms with E-state index in [1.54, 1.807) is 0 Å². The molecule has 1 atom stereocenters. The molecule has 0 saturated carbocycles. The van der Waals surface area contributed by atoms with E-state index in [9.17, 15) is 5.11 Å². The highest BCUT2D eigenvalue weighted by Gasteiger charge is 2.03. The number of ether oxygens (including phenoxy) is 1. The summed E-state index contributed by atoms with van der Waals surface area (Å²) in [7, 11) is 0. The van der Waals surface area contributed by atoms with Crippen molar-refractivity contribution in [2.75, 3.05) is 6.61 Å². The van der Waals surface area contributed by atoms with Crippen LogP contribution in [-0.4, -0.2) is 17.8 Å². The van der Waals surface area contributed by atoms with Crippen LogP contribution in [0, 0.1) is 0 Å². The van der Waals surface area contributed by atoms with Crippen molar-refractivity contribution in [3.63, 3.8) is 0 Å². The quantitative estimate of drug-likeness (QED) is 0.685. The second kappa shape index (κ2) is 8.31. The van der Waals surface area contributed by atoms with E-state index in [0.717, 1.165) is 18.4 Å². The summed E-state index contributed by atoms with van der Waals surface area (Å²) in [6.45, 7) is 3.20. The number of hydrogen-bond acceptors (Lipinski definition) is 2. The number of unbranched alkanes of at least 4 members (excludes halogenated alkanes) is 2. The fraction of sp³-hybridized carbons (Fsp3) is 0.571. The van der Waals surface area contributed by atoms with Crippen molar-refractivity contribution in [3.8, 4) is 0 Å². The van der Waals surface area contributed by atoms with Crippen LogP contribution < -0.4 is 0 Å². The second-order valence-electron chi connectivity index (χ2n) is 4.15. The van der Waals surface area contributed by atoms with Gasteiger partial charge in [0.1, 0.15) is 0 Å². The summed E-state index contributed by atoms with van der Waals surface area (Å²) in [5.74, 6) is 0. The molecule has 1 rings (SSSR count). The van der Waals surface area contributed by atoms with E-state index in [1.807, 2.05) is 30.3 Å². The fourth-order valence-corrected chi connectivity index (χ4v) is 1.60. The average molecular weight is 222 g/mol. The van der Waals surface area contributed by atoms with E-state index in [1.165, 1.54) is 12.8 Å². The molecule has 0 aliphatic rings. The Morgan fingerprint density at radius 1 is 1.19 bits per heavy atom. The van der Waals surface area contributed by atoms with Gasteiger partial charge in [-0.05, 0) is 12.0 Å². The van der Waals surface area contributed by atoms with Crippen LogP contribution in [0.5, 0.6) is 0 Å². The first kappa shape index (κ1) is 13.2. The first-order chi connectivity index (χ1) is 7.83. The number of aliphatic hydroxyl groups excluding tert-OH is 1. The molecule has 0 amide bonds. The molecule has 1 aromatic carbocycles. The lowest BCUT2D eigenvalue weighted by molar-refractivity contribution is 0.0234. The lowest BCUT2D eigenvalue weighted by atomic mass is 10.1. The van der Waals surface area contributed by atoms with Crippen LogP contribution in [-0.2, 0) is 11.3 Å². The van der Waals surface area contributed by atoms with E-state index in [0.29, 0.717) is 13.2 Å². The van der Waals surface area contributed by atoms with Crippen molar-refractivity contribution >= 4 is 0 Å². The van der Waals surface area contributed by atoms with Crippen LogP contribution in [0.4, 0.5) is 0 Å². The molecule has 1 unspecified atom stereocenters.